The molecule has 0 spiro atoms. The van der Waals surface area contributed by atoms with Gasteiger partial charge in [-0.25, -0.2) is 0 Å². The van der Waals surface area contributed by atoms with Gasteiger partial charge in [0.15, 0.2) is 0 Å². The average molecular weight is 251 g/mol. The van der Waals surface area contributed by atoms with Crippen LogP contribution in [0.2, 0.25) is 0 Å². The summed E-state index contributed by atoms with van der Waals surface area (Å²) in [5.41, 5.74) is 2.71. The third kappa shape index (κ3) is 2.18. The fourth-order valence-electron chi connectivity index (χ4n) is 2.22. The van der Waals surface area contributed by atoms with Crippen LogP contribution < -0.4 is 9.88 Å². The number of rotatable bonds is 1. The van der Waals surface area contributed by atoms with Crippen molar-refractivity contribution in [3.63, 3.8) is 0 Å². The van der Waals surface area contributed by atoms with Gasteiger partial charge in [-0.2, -0.15) is 0 Å². The van der Waals surface area contributed by atoms with Gasteiger partial charge in [-0.3, -0.25) is 5.14 Å². The highest BCUT2D eigenvalue weighted by molar-refractivity contribution is 7.97. The number of hydrogen-bond acceptors (Lipinski definition) is 3. The van der Waals surface area contributed by atoms with Crippen molar-refractivity contribution in [2.75, 3.05) is 6.61 Å². The standard InChI is InChI=1S/C14H21NOS/c1-13(2,3)10-6-9(17-15)7-11-12(10)16-8-14(11,4)5/h6-7H,8,15H2,1-5H3. The molecule has 0 atom stereocenters. The molecule has 3 heteroatoms. The molecule has 1 heterocycles. The second-order valence-corrected chi connectivity index (χ2v) is 7.10. The first-order valence-corrected chi connectivity index (χ1v) is 6.82. The van der Waals surface area contributed by atoms with Crippen LogP contribution in [0.5, 0.6) is 5.75 Å². The van der Waals surface area contributed by atoms with Gasteiger partial charge in [0, 0.05) is 21.4 Å². The van der Waals surface area contributed by atoms with Crippen molar-refractivity contribution in [1.29, 1.82) is 0 Å². The summed E-state index contributed by atoms with van der Waals surface area (Å²) in [6.07, 6.45) is 0. The lowest BCUT2D eigenvalue weighted by Crippen LogP contribution is -2.18. The molecule has 1 aromatic carbocycles. The molecule has 1 aliphatic rings. The zero-order valence-electron chi connectivity index (χ0n) is 11.3. The van der Waals surface area contributed by atoms with E-state index < -0.39 is 0 Å². The molecule has 0 aromatic heterocycles. The summed E-state index contributed by atoms with van der Waals surface area (Å²) < 4.78 is 5.92. The van der Waals surface area contributed by atoms with Crippen LogP contribution in [-0.2, 0) is 10.8 Å². The minimum Gasteiger partial charge on any atom is -0.492 e. The Morgan fingerprint density at radius 2 is 1.94 bits per heavy atom. The summed E-state index contributed by atoms with van der Waals surface area (Å²) in [5, 5.41) is 5.72. The molecule has 94 valence electrons. The lowest BCUT2D eigenvalue weighted by molar-refractivity contribution is 0.286. The molecule has 0 saturated carbocycles. The number of nitrogens with two attached hydrogens (primary N) is 1. The van der Waals surface area contributed by atoms with Gasteiger partial charge >= 0.3 is 0 Å². The first-order valence-electron chi connectivity index (χ1n) is 5.94. The summed E-state index contributed by atoms with van der Waals surface area (Å²) in [6.45, 7) is 11.8. The third-order valence-corrected chi connectivity index (χ3v) is 3.82. The van der Waals surface area contributed by atoms with Gasteiger partial charge in [0.25, 0.3) is 0 Å². The molecule has 0 amide bonds. The topological polar surface area (TPSA) is 35.2 Å². The van der Waals surface area contributed by atoms with E-state index >= 15 is 0 Å². The van der Waals surface area contributed by atoms with Crippen molar-refractivity contribution < 1.29 is 4.74 Å². The summed E-state index contributed by atoms with van der Waals surface area (Å²) in [4.78, 5) is 1.12. The molecule has 17 heavy (non-hydrogen) atoms. The van der Waals surface area contributed by atoms with Crippen molar-refractivity contribution in [2.24, 2.45) is 5.14 Å². The van der Waals surface area contributed by atoms with Gasteiger partial charge in [0.05, 0.1) is 6.61 Å². The normalized spacial score (nSPS) is 17.8. The molecule has 1 aliphatic heterocycles. The van der Waals surface area contributed by atoms with Crippen molar-refractivity contribution >= 4 is 11.9 Å². The molecular formula is C14H21NOS. The fourth-order valence-corrected chi connectivity index (χ4v) is 2.59. The molecule has 2 rings (SSSR count). The Bertz CT molecular complexity index is 446. The minimum atomic E-state index is 0.0796. The number of hydrogen-bond donors (Lipinski definition) is 1. The van der Waals surface area contributed by atoms with Crippen LogP contribution in [0.25, 0.3) is 0 Å². The van der Waals surface area contributed by atoms with Crippen molar-refractivity contribution in [3.8, 4) is 5.75 Å². The summed E-state index contributed by atoms with van der Waals surface area (Å²) in [7, 11) is 0. The van der Waals surface area contributed by atoms with Crippen LogP contribution in [0.15, 0.2) is 17.0 Å². The van der Waals surface area contributed by atoms with Crippen LogP contribution >= 0.6 is 11.9 Å². The van der Waals surface area contributed by atoms with E-state index in [2.05, 4.69) is 46.8 Å². The van der Waals surface area contributed by atoms with Crippen LogP contribution in [0.4, 0.5) is 0 Å². The third-order valence-electron chi connectivity index (χ3n) is 3.31. The maximum atomic E-state index is 5.92. The molecular weight excluding hydrogens is 230 g/mol. The van der Waals surface area contributed by atoms with Crippen molar-refractivity contribution in [3.05, 3.63) is 23.3 Å². The molecule has 0 radical (unpaired) electrons. The van der Waals surface area contributed by atoms with Crippen molar-refractivity contribution in [1.82, 2.24) is 0 Å². The first kappa shape index (κ1) is 12.8. The van der Waals surface area contributed by atoms with Gasteiger partial charge in [0.1, 0.15) is 5.75 Å². The second kappa shape index (κ2) is 3.92. The molecule has 0 aliphatic carbocycles. The Balaban J connectivity index is 2.67. The molecule has 0 fully saturated rings. The van der Waals surface area contributed by atoms with E-state index in [-0.39, 0.29) is 10.8 Å². The maximum Gasteiger partial charge on any atom is 0.127 e. The second-order valence-electron chi connectivity index (χ2n) is 6.39. The first-order chi connectivity index (χ1) is 7.75. The molecule has 0 unspecified atom stereocenters. The summed E-state index contributed by atoms with van der Waals surface area (Å²) >= 11 is 1.31. The fraction of sp³-hybridized carbons (Fsp3) is 0.571. The SMILES string of the molecule is CC(C)(C)c1cc(SN)cc2c1OCC2(C)C. The highest BCUT2D eigenvalue weighted by Crippen LogP contribution is 2.46. The quantitative estimate of drug-likeness (QED) is 0.774. The van der Waals surface area contributed by atoms with E-state index in [0.717, 1.165) is 17.3 Å². The van der Waals surface area contributed by atoms with Gasteiger partial charge in [-0.15, -0.1) is 0 Å². The average Bonchev–Trinajstić information content (AvgIpc) is 2.52. The van der Waals surface area contributed by atoms with E-state index in [1.54, 1.807) is 0 Å². The lowest BCUT2D eigenvalue weighted by Gasteiger charge is -2.23. The van der Waals surface area contributed by atoms with Gasteiger partial charge in [-0.1, -0.05) is 34.6 Å². The Kier molecular flexibility index (Phi) is 2.95. The molecule has 0 bridgehead atoms. The minimum absolute atomic E-state index is 0.0796. The summed E-state index contributed by atoms with van der Waals surface area (Å²) in [6, 6.07) is 4.33. The maximum absolute atomic E-state index is 5.92. The monoisotopic (exact) mass is 251 g/mol. The molecule has 2 N–H and O–H groups in total. The van der Waals surface area contributed by atoms with Gasteiger partial charge < -0.3 is 4.74 Å². The molecule has 1 aromatic rings. The van der Waals surface area contributed by atoms with E-state index in [9.17, 15) is 0 Å². The van der Waals surface area contributed by atoms with Crippen LogP contribution in [0, 0.1) is 0 Å². The Hall–Kier alpha value is -0.670. The number of fused-ring (bicyclic) bond motifs is 1. The largest absolute Gasteiger partial charge is 0.492 e. The Morgan fingerprint density at radius 1 is 1.29 bits per heavy atom. The van der Waals surface area contributed by atoms with Crippen LogP contribution in [0.1, 0.15) is 45.7 Å². The summed E-state index contributed by atoms with van der Waals surface area (Å²) in [5.74, 6) is 1.07. The van der Waals surface area contributed by atoms with Gasteiger partial charge in [-0.05, 0) is 29.5 Å². The number of benzene rings is 1. The Labute approximate surface area is 108 Å². The number of ether oxygens (including phenoxy) is 1. The van der Waals surface area contributed by atoms with Crippen LogP contribution in [0.3, 0.4) is 0 Å². The predicted molar refractivity (Wildman–Crippen MR) is 73.7 cm³/mol. The van der Waals surface area contributed by atoms with E-state index in [4.69, 9.17) is 9.88 Å². The molecule has 2 nitrogen and oxygen atoms in total. The van der Waals surface area contributed by atoms with E-state index in [0.29, 0.717) is 0 Å². The lowest BCUT2D eigenvalue weighted by atomic mass is 9.81. The smallest absolute Gasteiger partial charge is 0.127 e. The van der Waals surface area contributed by atoms with Gasteiger partial charge in [0.2, 0.25) is 0 Å². The highest BCUT2D eigenvalue weighted by Gasteiger charge is 2.36. The Morgan fingerprint density at radius 3 is 2.47 bits per heavy atom. The van der Waals surface area contributed by atoms with Crippen LogP contribution in [-0.4, -0.2) is 6.61 Å². The van der Waals surface area contributed by atoms with E-state index in [1.165, 1.54) is 23.1 Å². The van der Waals surface area contributed by atoms with E-state index in [1.807, 2.05) is 0 Å². The molecule has 0 saturated heterocycles. The van der Waals surface area contributed by atoms with Crippen molar-refractivity contribution in [2.45, 2.75) is 50.3 Å². The zero-order chi connectivity index (χ0) is 12.8. The zero-order valence-corrected chi connectivity index (χ0v) is 12.1. The predicted octanol–water partition coefficient (Wildman–Crippen LogP) is 3.62. The highest BCUT2D eigenvalue weighted by atomic mass is 32.2.